The molecule has 3 aromatic rings. The summed E-state index contributed by atoms with van der Waals surface area (Å²) in [6, 6.07) is 13.3. The highest BCUT2D eigenvalue weighted by Crippen LogP contribution is 2.39. The number of rotatable bonds is 6. The number of benzene rings is 2. The van der Waals surface area contributed by atoms with E-state index in [0.717, 1.165) is 16.6 Å². The number of aromatic amines is 1. The molecule has 3 N–H and O–H groups in total. The fourth-order valence-corrected chi connectivity index (χ4v) is 4.12. The van der Waals surface area contributed by atoms with E-state index in [4.69, 9.17) is 14.9 Å². The van der Waals surface area contributed by atoms with Crippen molar-refractivity contribution >= 4 is 22.4 Å². The first-order chi connectivity index (χ1) is 14.4. The molecule has 1 aliphatic rings. The number of imidazole rings is 1. The molecule has 4 rings (SSSR count). The number of aliphatic hydroxyl groups excluding tert-OH is 1. The van der Waals surface area contributed by atoms with Crippen LogP contribution in [0.4, 0.5) is 0 Å². The fraction of sp³-hybridized carbons (Fsp3) is 0.304. The molecule has 0 saturated heterocycles. The molecule has 0 fully saturated rings. The Bertz CT molecular complexity index is 1100. The number of para-hydroxylation sites is 2. The summed E-state index contributed by atoms with van der Waals surface area (Å²) in [6.07, 6.45) is 0. The maximum absolute atomic E-state index is 10.8. The van der Waals surface area contributed by atoms with Crippen molar-refractivity contribution in [3.8, 4) is 11.5 Å². The fourth-order valence-electron chi connectivity index (χ4n) is 4.12. The van der Waals surface area contributed by atoms with Gasteiger partial charge >= 0.3 is 0 Å². The van der Waals surface area contributed by atoms with E-state index >= 15 is 0 Å². The van der Waals surface area contributed by atoms with Gasteiger partial charge in [-0.2, -0.15) is 0 Å². The number of methoxy groups -OCH3 is 2. The first-order valence-corrected chi connectivity index (χ1v) is 9.89. The third kappa shape index (κ3) is 3.26. The van der Waals surface area contributed by atoms with E-state index in [9.17, 15) is 5.11 Å². The Labute approximate surface area is 175 Å². The minimum Gasteiger partial charge on any atom is -0.510 e. The molecule has 0 unspecified atom stereocenters. The highest BCUT2D eigenvalue weighted by molar-refractivity contribution is 6.23. The van der Waals surface area contributed by atoms with Crippen molar-refractivity contribution in [2.24, 2.45) is 5.92 Å². The van der Waals surface area contributed by atoms with Crippen LogP contribution in [0, 0.1) is 11.3 Å². The molecule has 30 heavy (non-hydrogen) atoms. The molecule has 0 saturated carbocycles. The van der Waals surface area contributed by atoms with Gasteiger partial charge < -0.3 is 24.5 Å². The van der Waals surface area contributed by atoms with Crippen LogP contribution >= 0.6 is 0 Å². The first kappa shape index (κ1) is 19.8. The third-order valence-corrected chi connectivity index (χ3v) is 5.48. The van der Waals surface area contributed by atoms with Crippen molar-refractivity contribution in [2.45, 2.75) is 19.9 Å². The summed E-state index contributed by atoms with van der Waals surface area (Å²) in [6.45, 7) is 4.46. The minimum absolute atomic E-state index is 0.124. The summed E-state index contributed by atoms with van der Waals surface area (Å²) < 4.78 is 10.8. The number of H-pyrrole nitrogens is 1. The summed E-state index contributed by atoms with van der Waals surface area (Å²) in [5, 5.41) is 19.6. The van der Waals surface area contributed by atoms with Gasteiger partial charge in [0.2, 0.25) is 0 Å². The molecule has 1 aromatic heterocycles. The Kier molecular flexibility index (Phi) is 5.11. The second-order valence-electron chi connectivity index (χ2n) is 7.70. The molecule has 0 aliphatic carbocycles. The summed E-state index contributed by atoms with van der Waals surface area (Å²) in [7, 11) is 3.21. The molecule has 7 nitrogen and oxygen atoms in total. The second-order valence-corrected chi connectivity index (χ2v) is 7.70. The third-order valence-electron chi connectivity index (χ3n) is 5.48. The van der Waals surface area contributed by atoms with Crippen LogP contribution in [0.2, 0.25) is 0 Å². The molecular formula is C23H26N4O3. The maximum atomic E-state index is 10.8. The number of hydrogen-bond acceptors (Lipinski definition) is 5. The molecule has 1 atom stereocenters. The van der Waals surface area contributed by atoms with E-state index in [1.54, 1.807) is 14.2 Å². The Morgan fingerprint density at radius 3 is 2.50 bits per heavy atom. The normalized spacial score (nSPS) is 15.4. The highest BCUT2D eigenvalue weighted by atomic mass is 16.5. The molecular weight excluding hydrogens is 380 g/mol. The van der Waals surface area contributed by atoms with Crippen molar-refractivity contribution < 1.29 is 14.6 Å². The minimum atomic E-state index is -0.124. The Morgan fingerprint density at radius 2 is 1.83 bits per heavy atom. The molecule has 7 heteroatoms. The van der Waals surface area contributed by atoms with Crippen LogP contribution in [0.15, 0.2) is 48.2 Å². The van der Waals surface area contributed by atoms with Gasteiger partial charge in [0.25, 0.3) is 0 Å². The van der Waals surface area contributed by atoms with Crippen molar-refractivity contribution in [1.82, 2.24) is 14.9 Å². The van der Waals surface area contributed by atoms with E-state index in [-0.39, 0.29) is 30.1 Å². The van der Waals surface area contributed by atoms with Gasteiger partial charge in [0.1, 0.15) is 17.4 Å². The monoisotopic (exact) mass is 406 g/mol. The van der Waals surface area contributed by atoms with Crippen molar-refractivity contribution in [1.29, 1.82) is 5.41 Å². The zero-order valence-electron chi connectivity index (χ0n) is 17.6. The summed E-state index contributed by atoms with van der Waals surface area (Å²) >= 11 is 0. The van der Waals surface area contributed by atoms with Crippen molar-refractivity contribution in [3.05, 3.63) is 59.6 Å². The molecule has 0 amide bonds. The smallest absolute Gasteiger partial charge is 0.161 e. The van der Waals surface area contributed by atoms with E-state index in [1.807, 2.05) is 47.4 Å². The predicted molar refractivity (Wildman–Crippen MR) is 117 cm³/mol. The van der Waals surface area contributed by atoms with Gasteiger partial charge in [-0.25, -0.2) is 4.98 Å². The number of amidine groups is 1. The molecule has 0 bridgehead atoms. The Morgan fingerprint density at radius 1 is 1.10 bits per heavy atom. The molecule has 156 valence electrons. The van der Waals surface area contributed by atoms with Crippen LogP contribution in [-0.2, 0) is 0 Å². The van der Waals surface area contributed by atoms with Crippen LogP contribution in [0.5, 0.6) is 11.5 Å². The SMILES string of the molecule is COc1ccc([C@H](C(C)C)N2CC(O)=C(c3nc4ccccc4[nH]3)C2=N)cc1OC. The van der Waals surface area contributed by atoms with Gasteiger partial charge in [0, 0.05) is 0 Å². The van der Waals surface area contributed by atoms with Gasteiger partial charge in [0.05, 0.1) is 43.4 Å². The average Bonchev–Trinajstić information content (AvgIpc) is 3.27. The van der Waals surface area contributed by atoms with Crippen LogP contribution in [0.3, 0.4) is 0 Å². The second kappa shape index (κ2) is 7.74. The molecule has 1 aliphatic heterocycles. The Hall–Kier alpha value is -3.48. The largest absolute Gasteiger partial charge is 0.510 e. The lowest BCUT2D eigenvalue weighted by Gasteiger charge is -2.33. The summed E-state index contributed by atoms with van der Waals surface area (Å²) in [4.78, 5) is 9.71. The van der Waals surface area contributed by atoms with Gasteiger partial charge in [-0.3, -0.25) is 5.41 Å². The number of nitrogens with zero attached hydrogens (tertiary/aromatic N) is 2. The van der Waals surface area contributed by atoms with Gasteiger partial charge in [0.15, 0.2) is 11.5 Å². The highest BCUT2D eigenvalue weighted by Gasteiger charge is 2.36. The van der Waals surface area contributed by atoms with Crippen molar-refractivity contribution in [3.63, 3.8) is 0 Å². The average molecular weight is 406 g/mol. The van der Waals surface area contributed by atoms with Gasteiger partial charge in [-0.15, -0.1) is 0 Å². The molecule has 2 heterocycles. The number of hydrogen-bond donors (Lipinski definition) is 3. The van der Waals surface area contributed by atoms with Crippen LogP contribution < -0.4 is 9.47 Å². The van der Waals surface area contributed by atoms with Crippen LogP contribution in [0.1, 0.15) is 31.3 Å². The zero-order valence-corrected chi connectivity index (χ0v) is 17.6. The number of nitrogens with one attached hydrogen (secondary N) is 2. The standard InChI is InChI=1S/C23H26N4O3/c1-13(2)21(14-9-10-18(29-3)19(11-14)30-4)27-12-17(28)20(22(27)24)23-25-15-7-5-6-8-16(15)26-23/h5-11,13,21,24,28H,12H2,1-4H3,(H,25,26)/t21-/m0/s1. The van der Waals surface area contributed by atoms with E-state index in [1.165, 1.54) is 0 Å². The lowest BCUT2D eigenvalue weighted by molar-refractivity contribution is 0.247. The number of aliphatic hydroxyl groups is 1. The molecule has 0 radical (unpaired) electrons. The number of aromatic nitrogens is 2. The van der Waals surface area contributed by atoms with Crippen LogP contribution in [0.25, 0.3) is 16.6 Å². The Balaban J connectivity index is 1.70. The topological polar surface area (TPSA) is 94.5 Å². The van der Waals surface area contributed by atoms with Crippen molar-refractivity contribution in [2.75, 3.05) is 20.8 Å². The van der Waals surface area contributed by atoms with Gasteiger partial charge in [-0.05, 0) is 35.7 Å². The summed E-state index contributed by atoms with van der Waals surface area (Å²) in [5.74, 6) is 2.39. The van der Waals surface area contributed by atoms with E-state index in [0.29, 0.717) is 22.9 Å². The zero-order chi connectivity index (χ0) is 21.4. The maximum Gasteiger partial charge on any atom is 0.161 e. The van der Waals surface area contributed by atoms with E-state index in [2.05, 4.69) is 23.8 Å². The lowest BCUT2D eigenvalue weighted by atomic mass is 9.94. The quantitative estimate of drug-likeness (QED) is 0.559. The summed E-state index contributed by atoms with van der Waals surface area (Å²) in [5.41, 5.74) is 3.11. The number of ether oxygens (including phenoxy) is 2. The lowest BCUT2D eigenvalue weighted by Crippen LogP contribution is -2.34. The van der Waals surface area contributed by atoms with E-state index < -0.39 is 0 Å². The molecule has 2 aromatic carbocycles. The predicted octanol–water partition coefficient (Wildman–Crippen LogP) is 4.54. The first-order valence-electron chi connectivity index (χ1n) is 9.89. The molecule has 0 spiro atoms. The van der Waals surface area contributed by atoms with Gasteiger partial charge in [-0.1, -0.05) is 32.0 Å². The number of fused-ring (bicyclic) bond motifs is 1. The van der Waals surface area contributed by atoms with Crippen LogP contribution in [-0.4, -0.2) is 46.6 Å².